The van der Waals surface area contributed by atoms with Gasteiger partial charge in [-0.3, -0.25) is 14.5 Å². The lowest BCUT2D eigenvalue weighted by atomic mass is 10.1. The molecular formula is C19H24F3N5O2. The highest BCUT2D eigenvalue weighted by Crippen LogP contribution is 2.30. The smallest absolute Gasteiger partial charge is 0.368 e. The number of hydrogen-bond acceptors (Lipinski definition) is 5. The number of piperazine rings is 1. The maximum absolute atomic E-state index is 12.6. The number of rotatable bonds is 5. The number of likely N-dealkylation sites (tertiary alicyclic amines) is 1. The van der Waals surface area contributed by atoms with E-state index < -0.39 is 24.7 Å². The standard InChI is InChI=1S/C19H24F3N5O2/c20-19(21,22)12-27-6-5-15(18(27)29)26-9-7-25(8-10-26)14-3-4-16(23-11-14)24-17(28)13-1-2-13/h3-4,11,13,15H,1-2,5-10,12H2,(H,23,24,28). The Labute approximate surface area is 166 Å². The number of nitrogens with one attached hydrogen (secondary N) is 1. The molecule has 2 saturated heterocycles. The number of nitrogens with zero attached hydrogens (tertiary/aromatic N) is 4. The van der Waals surface area contributed by atoms with E-state index in [4.69, 9.17) is 0 Å². The third-order valence-corrected chi connectivity index (χ3v) is 5.71. The number of hydrogen-bond donors (Lipinski definition) is 1. The number of pyridine rings is 1. The van der Waals surface area contributed by atoms with Crippen LogP contribution in [-0.2, 0) is 9.59 Å². The summed E-state index contributed by atoms with van der Waals surface area (Å²) in [5.41, 5.74) is 0.922. The number of carbonyl (C=O) groups excluding carboxylic acids is 2. The lowest BCUT2D eigenvalue weighted by Gasteiger charge is -2.38. The van der Waals surface area contributed by atoms with Crippen LogP contribution in [0.2, 0.25) is 0 Å². The van der Waals surface area contributed by atoms with Gasteiger partial charge in [0.1, 0.15) is 12.4 Å². The van der Waals surface area contributed by atoms with Crippen molar-refractivity contribution in [1.82, 2.24) is 14.8 Å². The molecule has 29 heavy (non-hydrogen) atoms. The zero-order valence-corrected chi connectivity index (χ0v) is 16.0. The fraction of sp³-hybridized carbons (Fsp3) is 0.632. The first-order valence-electron chi connectivity index (χ1n) is 9.91. The molecule has 1 N–H and O–H groups in total. The number of carbonyl (C=O) groups is 2. The van der Waals surface area contributed by atoms with E-state index in [1.54, 1.807) is 12.3 Å². The van der Waals surface area contributed by atoms with E-state index in [0.717, 1.165) is 23.4 Å². The molecule has 2 aliphatic heterocycles. The topological polar surface area (TPSA) is 68.8 Å². The Bertz CT molecular complexity index is 758. The molecule has 4 rings (SSSR count). The van der Waals surface area contributed by atoms with Crippen molar-refractivity contribution in [3.63, 3.8) is 0 Å². The lowest BCUT2D eigenvalue weighted by molar-refractivity contribution is -0.159. The van der Waals surface area contributed by atoms with Gasteiger partial charge in [-0.15, -0.1) is 0 Å². The minimum Gasteiger partial charge on any atom is -0.368 e. The second-order valence-corrected chi connectivity index (χ2v) is 7.87. The van der Waals surface area contributed by atoms with Gasteiger partial charge in [-0.2, -0.15) is 13.2 Å². The van der Waals surface area contributed by atoms with E-state index in [-0.39, 0.29) is 18.4 Å². The van der Waals surface area contributed by atoms with Gasteiger partial charge in [0.2, 0.25) is 11.8 Å². The maximum atomic E-state index is 12.6. The summed E-state index contributed by atoms with van der Waals surface area (Å²) in [4.78, 5) is 33.4. The van der Waals surface area contributed by atoms with Crippen LogP contribution in [0.5, 0.6) is 0 Å². The molecular weight excluding hydrogens is 387 g/mol. The van der Waals surface area contributed by atoms with Crippen LogP contribution in [0.1, 0.15) is 19.3 Å². The number of aromatic nitrogens is 1. The molecule has 7 nitrogen and oxygen atoms in total. The van der Waals surface area contributed by atoms with E-state index in [9.17, 15) is 22.8 Å². The highest BCUT2D eigenvalue weighted by atomic mass is 19.4. The summed E-state index contributed by atoms with van der Waals surface area (Å²) in [6.45, 7) is 1.53. The Morgan fingerprint density at radius 2 is 1.83 bits per heavy atom. The second kappa shape index (κ2) is 7.81. The molecule has 2 amide bonds. The number of amides is 2. The van der Waals surface area contributed by atoms with Gasteiger partial charge in [0.05, 0.1) is 17.9 Å². The van der Waals surface area contributed by atoms with Crippen LogP contribution in [0, 0.1) is 5.92 Å². The van der Waals surface area contributed by atoms with E-state index >= 15 is 0 Å². The Morgan fingerprint density at radius 1 is 1.10 bits per heavy atom. The first-order valence-corrected chi connectivity index (χ1v) is 9.91. The van der Waals surface area contributed by atoms with Crippen LogP contribution < -0.4 is 10.2 Å². The molecule has 158 valence electrons. The Morgan fingerprint density at radius 3 is 2.41 bits per heavy atom. The third kappa shape index (κ3) is 4.80. The van der Waals surface area contributed by atoms with Crippen molar-refractivity contribution in [3.05, 3.63) is 18.3 Å². The average Bonchev–Trinajstić information content (AvgIpc) is 3.47. The molecule has 1 atom stereocenters. The van der Waals surface area contributed by atoms with Gasteiger partial charge in [-0.25, -0.2) is 4.98 Å². The average molecular weight is 411 g/mol. The number of halogens is 3. The summed E-state index contributed by atoms with van der Waals surface area (Å²) >= 11 is 0. The van der Waals surface area contributed by atoms with Gasteiger partial charge >= 0.3 is 6.18 Å². The van der Waals surface area contributed by atoms with Crippen LogP contribution in [0.3, 0.4) is 0 Å². The predicted molar refractivity (Wildman–Crippen MR) is 100 cm³/mol. The molecule has 1 aromatic rings. The summed E-state index contributed by atoms with van der Waals surface area (Å²) in [6.07, 6.45) is -0.340. The SMILES string of the molecule is O=C(Nc1ccc(N2CCN(C3CCN(CC(F)(F)F)C3=O)CC2)cn1)C1CC1. The zero-order valence-electron chi connectivity index (χ0n) is 16.0. The minimum atomic E-state index is -4.36. The Hall–Kier alpha value is -2.36. The molecule has 0 radical (unpaired) electrons. The van der Waals surface area contributed by atoms with E-state index in [2.05, 4.69) is 15.2 Å². The molecule has 3 aliphatic rings. The van der Waals surface area contributed by atoms with E-state index in [1.807, 2.05) is 11.0 Å². The molecule has 3 heterocycles. The normalized spacial score (nSPS) is 23.6. The van der Waals surface area contributed by atoms with Crippen molar-refractivity contribution in [1.29, 1.82) is 0 Å². The molecule has 3 fully saturated rings. The lowest BCUT2D eigenvalue weighted by Crippen LogP contribution is -2.53. The van der Waals surface area contributed by atoms with E-state index in [0.29, 0.717) is 38.4 Å². The van der Waals surface area contributed by atoms with Crippen LogP contribution in [0.25, 0.3) is 0 Å². The molecule has 1 aromatic heterocycles. The van der Waals surface area contributed by atoms with Crippen molar-refractivity contribution in [2.45, 2.75) is 31.5 Å². The quantitative estimate of drug-likeness (QED) is 0.799. The number of anilines is 2. The van der Waals surface area contributed by atoms with Gasteiger partial charge < -0.3 is 15.1 Å². The van der Waals surface area contributed by atoms with Crippen molar-refractivity contribution < 1.29 is 22.8 Å². The summed E-state index contributed by atoms with van der Waals surface area (Å²) in [6, 6.07) is 3.21. The van der Waals surface area contributed by atoms with Crippen molar-refractivity contribution in [2.75, 3.05) is 49.5 Å². The number of alkyl halides is 3. The highest BCUT2D eigenvalue weighted by molar-refractivity contribution is 5.93. The molecule has 1 unspecified atom stereocenters. The fourth-order valence-electron chi connectivity index (χ4n) is 3.95. The zero-order chi connectivity index (χ0) is 20.6. The molecule has 10 heteroatoms. The predicted octanol–water partition coefficient (Wildman–Crippen LogP) is 1.72. The monoisotopic (exact) mass is 411 g/mol. The Kier molecular flexibility index (Phi) is 5.37. The molecule has 1 aliphatic carbocycles. The van der Waals surface area contributed by atoms with E-state index in [1.165, 1.54) is 0 Å². The summed E-state index contributed by atoms with van der Waals surface area (Å²) in [7, 11) is 0. The largest absolute Gasteiger partial charge is 0.406 e. The Balaban J connectivity index is 1.28. The fourth-order valence-corrected chi connectivity index (χ4v) is 3.95. The third-order valence-electron chi connectivity index (χ3n) is 5.71. The van der Waals surface area contributed by atoms with Crippen molar-refractivity contribution in [3.8, 4) is 0 Å². The van der Waals surface area contributed by atoms with Crippen molar-refractivity contribution in [2.24, 2.45) is 5.92 Å². The highest BCUT2D eigenvalue weighted by Gasteiger charge is 2.42. The van der Waals surface area contributed by atoms with Crippen LogP contribution in [-0.4, -0.2) is 78.1 Å². The van der Waals surface area contributed by atoms with Crippen LogP contribution in [0.15, 0.2) is 18.3 Å². The first kappa shape index (κ1) is 19.9. The van der Waals surface area contributed by atoms with Crippen LogP contribution in [0.4, 0.5) is 24.7 Å². The molecule has 0 spiro atoms. The molecule has 0 aromatic carbocycles. The molecule has 0 bridgehead atoms. The van der Waals surface area contributed by atoms with Gasteiger partial charge in [0.25, 0.3) is 0 Å². The maximum Gasteiger partial charge on any atom is 0.406 e. The van der Waals surface area contributed by atoms with Gasteiger partial charge in [-0.05, 0) is 31.4 Å². The summed E-state index contributed by atoms with van der Waals surface area (Å²) in [5, 5.41) is 2.80. The van der Waals surface area contributed by atoms with Gasteiger partial charge in [0, 0.05) is 38.6 Å². The van der Waals surface area contributed by atoms with Gasteiger partial charge in [0.15, 0.2) is 0 Å². The van der Waals surface area contributed by atoms with Crippen molar-refractivity contribution >= 4 is 23.3 Å². The first-order chi connectivity index (χ1) is 13.8. The second-order valence-electron chi connectivity index (χ2n) is 7.87. The summed E-state index contributed by atoms with van der Waals surface area (Å²) < 4.78 is 37.8. The molecule has 1 saturated carbocycles. The minimum absolute atomic E-state index is 0.0136. The summed E-state index contributed by atoms with van der Waals surface area (Å²) in [5.74, 6) is 0.244. The van der Waals surface area contributed by atoms with Gasteiger partial charge in [-0.1, -0.05) is 0 Å². The van der Waals surface area contributed by atoms with Crippen LogP contribution >= 0.6 is 0 Å².